The molecular formula is C26H21N5OS. The summed E-state index contributed by atoms with van der Waals surface area (Å²) in [4.78, 5) is 5.96. The second-order valence-corrected chi connectivity index (χ2v) is 8.46. The SMILES string of the molecule is C(=Cc1nnn[nH]1)c1cccc(OCc2cccc(SCc3ccc4ccccc4n3)c2)c1. The smallest absolute Gasteiger partial charge is 0.172 e. The highest BCUT2D eigenvalue weighted by atomic mass is 32.2. The molecule has 0 saturated carbocycles. The van der Waals surface area contributed by atoms with Crippen molar-refractivity contribution < 1.29 is 4.74 Å². The maximum atomic E-state index is 6.03. The molecule has 0 aliphatic heterocycles. The van der Waals surface area contributed by atoms with Crippen LogP contribution in [0.5, 0.6) is 5.75 Å². The van der Waals surface area contributed by atoms with E-state index in [2.05, 4.69) is 69.2 Å². The number of ether oxygens (including phenoxy) is 1. The van der Waals surface area contributed by atoms with Crippen LogP contribution in [0, 0.1) is 0 Å². The Morgan fingerprint density at radius 3 is 2.76 bits per heavy atom. The van der Waals surface area contributed by atoms with Gasteiger partial charge in [-0.2, -0.15) is 0 Å². The zero-order valence-electron chi connectivity index (χ0n) is 17.8. The van der Waals surface area contributed by atoms with Crippen LogP contribution < -0.4 is 4.74 Å². The molecule has 2 heterocycles. The van der Waals surface area contributed by atoms with E-state index in [1.165, 1.54) is 10.3 Å². The van der Waals surface area contributed by atoms with Gasteiger partial charge in [0.05, 0.1) is 11.2 Å². The van der Waals surface area contributed by atoms with Crippen LogP contribution in [-0.4, -0.2) is 25.6 Å². The summed E-state index contributed by atoms with van der Waals surface area (Å²) in [6.07, 6.45) is 3.76. The van der Waals surface area contributed by atoms with Crippen molar-refractivity contribution in [2.24, 2.45) is 0 Å². The number of nitrogens with zero attached hydrogens (tertiary/aromatic N) is 4. The summed E-state index contributed by atoms with van der Waals surface area (Å²) in [5.74, 6) is 2.24. The fourth-order valence-electron chi connectivity index (χ4n) is 3.36. The van der Waals surface area contributed by atoms with Gasteiger partial charge in [0.25, 0.3) is 0 Å². The molecular weight excluding hydrogens is 430 g/mol. The third-order valence-electron chi connectivity index (χ3n) is 5.00. The predicted molar refractivity (Wildman–Crippen MR) is 132 cm³/mol. The van der Waals surface area contributed by atoms with Gasteiger partial charge in [-0.3, -0.25) is 4.98 Å². The zero-order valence-corrected chi connectivity index (χ0v) is 18.6. The lowest BCUT2D eigenvalue weighted by atomic mass is 10.2. The van der Waals surface area contributed by atoms with E-state index in [9.17, 15) is 0 Å². The molecule has 6 nitrogen and oxygen atoms in total. The zero-order chi connectivity index (χ0) is 22.3. The van der Waals surface area contributed by atoms with Gasteiger partial charge in [-0.05, 0) is 64.0 Å². The van der Waals surface area contributed by atoms with Gasteiger partial charge in [-0.1, -0.05) is 54.6 Å². The molecule has 162 valence electrons. The van der Waals surface area contributed by atoms with Crippen LogP contribution in [0.4, 0.5) is 0 Å². The minimum Gasteiger partial charge on any atom is -0.489 e. The topological polar surface area (TPSA) is 76.6 Å². The quantitative estimate of drug-likeness (QED) is 0.301. The van der Waals surface area contributed by atoms with Crippen LogP contribution in [0.1, 0.15) is 22.6 Å². The van der Waals surface area contributed by atoms with Crippen molar-refractivity contribution in [3.05, 3.63) is 108 Å². The fraction of sp³-hybridized carbons (Fsp3) is 0.0769. The Hall–Kier alpha value is -3.97. The van der Waals surface area contributed by atoms with Crippen molar-refractivity contribution in [2.75, 3.05) is 0 Å². The summed E-state index contributed by atoms with van der Waals surface area (Å²) in [7, 11) is 0. The standard InChI is InChI=1S/C26H21N5OS/c1-2-10-25-21(7-1)12-13-22(27-25)18-33-24-9-4-6-20(16-24)17-32-23-8-3-5-19(15-23)11-14-26-28-30-31-29-26/h1-16H,17-18H2,(H,28,29,30,31). The molecule has 2 aromatic heterocycles. The number of rotatable bonds is 8. The van der Waals surface area contributed by atoms with Crippen LogP contribution in [0.25, 0.3) is 23.1 Å². The molecule has 0 fully saturated rings. The minimum atomic E-state index is 0.502. The Morgan fingerprint density at radius 1 is 0.879 bits per heavy atom. The molecule has 0 amide bonds. The third kappa shape index (κ3) is 5.64. The number of fused-ring (bicyclic) bond motifs is 1. The molecule has 7 heteroatoms. The molecule has 0 atom stereocenters. The molecule has 1 N–H and O–H groups in total. The van der Waals surface area contributed by atoms with Gasteiger partial charge in [-0.15, -0.1) is 16.9 Å². The molecule has 33 heavy (non-hydrogen) atoms. The van der Waals surface area contributed by atoms with Crippen molar-refractivity contribution in [3.63, 3.8) is 0 Å². The summed E-state index contributed by atoms with van der Waals surface area (Å²) in [5.41, 5.74) is 4.25. The number of hydrogen-bond donors (Lipinski definition) is 1. The van der Waals surface area contributed by atoms with E-state index >= 15 is 0 Å². The van der Waals surface area contributed by atoms with Crippen molar-refractivity contribution in [2.45, 2.75) is 17.3 Å². The van der Waals surface area contributed by atoms with Gasteiger partial charge in [-0.25, -0.2) is 5.10 Å². The first-order valence-corrected chi connectivity index (χ1v) is 11.5. The fourth-order valence-corrected chi connectivity index (χ4v) is 4.24. The number of tetrazole rings is 1. The Kier molecular flexibility index (Phi) is 6.40. The first-order chi connectivity index (χ1) is 16.3. The normalized spacial score (nSPS) is 11.3. The van der Waals surface area contributed by atoms with E-state index in [4.69, 9.17) is 9.72 Å². The molecule has 0 aliphatic carbocycles. The van der Waals surface area contributed by atoms with Crippen LogP contribution in [0.3, 0.4) is 0 Å². The number of pyridine rings is 1. The molecule has 0 spiro atoms. The highest BCUT2D eigenvalue weighted by molar-refractivity contribution is 7.98. The number of nitrogens with one attached hydrogen (secondary N) is 1. The minimum absolute atomic E-state index is 0.502. The summed E-state index contributed by atoms with van der Waals surface area (Å²) in [6, 6.07) is 28.8. The first-order valence-electron chi connectivity index (χ1n) is 10.5. The Bertz CT molecular complexity index is 1380. The molecule has 0 unspecified atom stereocenters. The van der Waals surface area contributed by atoms with E-state index in [0.29, 0.717) is 12.4 Å². The Labute approximate surface area is 195 Å². The largest absolute Gasteiger partial charge is 0.489 e. The van der Waals surface area contributed by atoms with Crippen molar-refractivity contribution >= 4 is 34.8 Å². The number of para-hydroxylation sites is 1. The van der Waals surface area contributed by atoms with Crippen molar-refractivity contribution in [1.82, 2.24) is 25.6 Å². The summed E-state index contributed by atoms with van der Waals surface area (Å²) in [5, 5.41) is 14.8. The van der Waals surface area contributed by atoms with E-state index in [0.717, 1.165) is 33.8 Å². The third-order valence-corrected chi connectivity index (χ3v) is 6.03. The van der Waals surface area contributed by atoms with Crippen LogP contribution in [-0.2, 0) is 12.4 Å². The maximum Gasteiger partial charge on any atom is 0.172 e. The highest BCUT2D eigenvalue weighted by Gasteiger charge is 2.03. The van der Waals surface area contributed by atoms with E-state index in [1.807, 2.05) is 48.6 Å². The van der Waals surface area contributed by atoms with Gasteiger partial charge >= 0.3 is 0 Å². The lowest BCUT2D eigenvalue weighted by Gasteiger charge is -2.09. The van der Waals surface area contributed by atoms with Crippen molar-refractivity contribution in [3.8, 4) is 5.75 Å². The van der Waals surface area contributed by atoms with Crippen molar-refractivity contribution in [1.29, 1.82) is 0 Å². The summed E-state index contributed by atoms with van der Waals surface area (Å²) >= 11 is 1.78. The first kappa shape index (κ1) is 20.9. The van der Waals surface area contributed by atoms with Gasteiger partial charge in [0.1, 0.15) is 12.4 Å². The number of aromatic amines is 1. The van der Waals surface area contributed by atoms with E-state index in [1.54, 1.807) is 11.8 Å². The predicted octanol–water partition coefficient (Wildman–Crippen LogP) is 5.79. The molecule has 5 aromatic rings. The Balaban J connectivity index is 1.19. The lowest BCUT2D eigenvalue weighted by Crippen LogP contribution is -1.96. The summed E-state index contributed by atoms with van der Waals surface area (Å²) in [6.45, 7) is 0.502. The molecule has 0 aliphatic rings. The van der Waals surface area contributed by atoms with Crippen LogP contribution in [0.15, 0.2) is 89.8 Å². The van der Waals surface area contributed by atoms with Crippen LogP contribution >= 0.6 is 11.8 Å². The van der Waals surface area contributed by atoms with Gasteiger partial charge in [0.15, 0.2) is 5.82 Å². The maximum absolute atomic E-state index is 6.03. The molecule has 0 bridgehead atoms. The number of aromatic nitrogens is 5. The molecule has 0 saturated heterocycles. The average Bonchev–Trinajstić information content (AvgIpc) is 3.39. The number of thioether (sulfide) groups is 1. The number of H-pyrrole nitrogens is 1. The van der Waals surface area contributed by atoms with E-state index < -0.39 is 0 Å². The van der Waals surface area contributed by atoms with Gasteiger partial charge in [0, 0.05) is 16.0 Å². The number of hydrogen-bond acceptors (Lipinski definition) is 6. The molecule has 3 aromatic carbocycles. The second-order valence-electron chi connectivity index (χ2n) is 7.41. The van der Waals surface area contributed by atoms with Gasteiger partial charge in [0.2, 0.25) is 0 Å². The summed E-state index contributed by atoms with van der Waals surface area (Å²) < 4.78 is 6.03. The molecule has 5 rings (SSSR count). The molecule has 0 radical (unpaired) electrons. The van der Waals surface area contributed by atoms with Crippen LogP contribution in [0.2, 0.25) is 0 Å². The average molecular weight is 452 g/mol. The number of benzene rings is 3. The highest BCUT2D eigenvalue weighted by Crippen LogP contribution is 2.25. The van der Waals surface area contributed by atoms with E-state index in [-0.39, 0.29) is 0 Å². The lowest BCUT2D eigenvalue weighted by molar-refractivity contribution is 0.306. The monoisotopic (exact) mass is 451 g/mol. The van der Waals surface area contributed by atoms with Gasteiger partial charge < -0.3 is 4.74 Å². The Morgan fingerprint density at radius 2 is 1.82 bits per heavy atom. The second kappa shape index (κ2) is 10.1.